The van der Waals surface area contributed by atoms with Crippen LogP contribution in [-0.2, 0) is 4.79 Å². The predicted octanol–water partition coefficient (Wildman–Crippen LogP) is 3.31. The van der Waals surface area contributed by atoms with E-state index in [4.69, 9.17) is 0 Å². The molecule has 1 fully saturated rings. The van der Waals surface area contributed by atoms with E-state index in [0.29, 0.717) is 22.7 Å². The standard InChI is InChI=1S/C19H27N5OS/c1-12-8-9-16(10-14(12)3)24-19(21-22-23-24)26-11-18(25)20-17-7-5-6-13(2)15(17)4/h8-10,13,15,17H,5-7,11H2,1-4H3,(H,20,25)/t13-,15-,17+/m0/s1. The molecule has 2 aromatic rings. The molecule has 1 aliphatic rings. The van der Waals surface area contributed by atoms with Gasteiger partial charge in [-0.25, -0.2) is 0 Å². The highest BCUT2D eigenvalue weighted by molar-refractivity contribution is 7.99. The molecule has 7 heteroatoms. The number of carbonyl (C=O) groups excluding carboxylic acids is 1. The van der Waals surface area contributed by atoms with Gasteiger partial charge in [-0.3, -0.25) is 4.79 Å². The number of tetrazole rings is 1. The summed E-state index contributed by atoms with van der Waals surface area (Å²) in [5, 5.41) is 15.8. The average molecular weight is 374 g/mol. The van der Waals surface area contributed by atoms with E-state index in [2.05, 4.69) is 60.7 Å². The van der Waals surface area contributed by atoms with E-state index in [1.54, 1.807) is 4.68 Å². The van der Waals surface area contributed by atoms with Crippen molar-refractivity contribution in [2.75, 3.05) is 5.75 Å². The van der Waals surface area contributed by atoms with Gasteiger partial charge in [-0.1, -0.05) is 44.5 Å². The van der Waals surface area contributed by atoms with Crippen molar-refractivity contribution in [1.82, 2.24) is 25.5 Å². The first-order valence-corrected chi connectivity index (χ1v) is 10.2. The van der Waals surface area contributed by atoms with Crippen LogP contribution in [0.5, 0.6) is 0 Å². The Kier molecular flexibility index (Phi) is 5.96. The molecule has 1 heterocycles. The highest BCUT2D eigenvalue weighted by Gasteiger charge is 2.28. The molecule has 3 atom stereocenters. The molecule has 0 spiro atoms. The molecular formula is C19H27N5OS. The molecule has 1 amide bonds. The zero-order valence-corrected chi connectivity index (χ0v) is 16.7. The summed E-state index contributed by atoms with van der Waals surface area (Å²) in [7, 11) is 0. The maximum absolute atomic E-state index is 12.4. The van der Waals surface area contributed by atoms with E-state index >= 15 is 0 Å². The first-order valence-electron chi connectivity index (χ1n) is 9.24. The second-order valence-corrected chi connectivity index (χ2v) is 8.31. The number of benzene rings is 1. The van der Waals surface area contributed by atoms with Crippen LogP contribution in [0.25, 0.3) is 5.69 Å². The molecule has 0 unspecified atom stereocenters. The third kappa shape index (κ3) is 4.26. The van der Waals surface area contributed by atoms with Crippen LogP contribution in [0, 0.1) is 25.7 Å². The normalized spacial score (nSPS) is 23.0. The van der Waals surface area contributed by atoms with Gasteiger partial charge in [0.1, 0.15) is 0 Å². The molecule has 0 radical (unpaired) electrons. The van der Waals surface area contributed by atoms with E-state index in [-0.39, 0.29) is 11.9 Å². The van der Waals surface area contributed by atoms with Crippen LogP contribution in [0.3, 0.4) is 0 Å². The molecule has 6 nitrogen and oxygen atoms in total. The fourth-order valence-electron chi connectivity index (χ4n) is 3.45. The highest BCUT2D eigenvalue weighted by atomic mass is 32.2. The van der Waals surface area contributed by atoms with Crippen molar-refractivity contribution >= 4 is 17.7 Å². The van der Waals surface area contributed by atoms with Crippen LogP contribution in [0.4, 0.5) is 0 Å². The number of nitrogens with one attached hydrogen (secondary N) is 1. The minimum Gasteiger partial charge on any atom is -0.352 e. The van der Waals surface area contributed by atoms with Crippen molar-refractivity contribution in [2.45, 2.75) is 58.2 Å². The molecular weight excluding hydrogens is 346 g/mol. The third-order valence-corrected chi connectivity index (χ3v) is 6.48. The Morgan fingerprint density at radius 2 is 2.08 bits per heavy atom. The Hall–Kier alpha value is -1.89. The van der Waals surface area contributed by atoms with Crippen LogP contribution in [-0.4, -0.2) is 37.9 Å². The number of amides is 1. The minimum absolute atomic E-state index is 0.0515. The molecule has 1 saturated carbocycles. The SMILES string of the molecule is Cc1ccc(-n2nnnc2SCC(=O)N[C@@H]2CCC[C@H](C)[C@@H]2C)cc1C. The molecule has 1 N–H and O–H groups in total. The molecule has 1 aromatic heterocycles. The number of aryl methyl sites for hydroxylation is 2. The fourth-order valence-corrected chi connectivity index (χ4v) is 4.15. The predicted molar refractivity (Wildman–Crippen MR) is 103 cm³/mol. The van der Waals surface area contributed by atoms with Crippen LogP contribution in [0.2, 0.25) is 0 Å². The van der Waals surface area contributed by atoms with Crippen molar-refractivity contribution in [3.8, 4) is 5.69 Å². The number of aromatic nitrogens is 4. The van der Waals surface area contributed by atoms with E-state index < -0.39 is 0 Å². The highest BCUT2D eigenvalue weighted by Crippen LogP contribution is 2.29. The summed E-state index contributed by atoms with van der Waals surface area (Å²) in [5.41, 5.74) is 3.33. The number of rotatable bonds is 5. The lowest BCUT2D eigenvalue weighted by Gasteiger charge is -2.34. The molecule has 1 aromatic carbocycles. The van der Waals surface area contributed by atoms with Crippen molar-refractivity contribution < 1.29 is 4.79 Å². The Morgan fingerprint density at radius 1 is 1.27 bits per heavy atom. The van der Waals surface area contributed by atoms with Gasteiger partial charge in [0.25, 0.3) is 0 Å². The Labute approximate surface area is 159 Å². The maximum atomic E-state index is 12.4. The Balaban J connectivity index is 1.61. The van der Waals surface area contributed by atoms with Gasteiger partial charge in [0, 0.05) is 6.04 Å². The zero-order valence-electron chi connectivity index (χ0n) is 15.9. The maximum Gasteiger partial charge on any atom is 0.230 e. The summed E-state index contributed by atoms with van der Waals surface area (Å²) in [5.74, 6) is 1.57. The van der Waals surface area contributed by atoms with Gasteiger partial charge >= 0.3 is 0 Å². The van der Waals surface area contributed by atoms with Gasteiger partial charge in [-0.15, -0.1) is 5.10 Å². The summed E-state index contributed by atoms with van der Waals surface area (Å²) in [6, 6.07) is 6.39. The molecule has 1 aliphatic carbocycles. The monoisotopic (exact) mass is 373 g/mol. The molecule has 0 aliphatic heterocycles. The van der Waals surface area contributed by atoms with Crippen molar-refractivity contribution in [1.29, 1.82) is 0 Å². The lowest BCUT2D eigenvalue weighted by Crippen LogP contribution is -2.44. The van der Waals surface area contributed by atoms with E-state index in [9.17, 15) is 4.79 Å². The van der Waals surface area contributed by atoms with Crippen molar-refractivity contribution in [2.24, 2.45) is 11.8 Å². The summed E-state index contributed by atoms with van der Waals surface area (Å²) < 4.78 is 1.69. The number of hydrogen-bond donors (Lipinski definition) is 1. The average Bonchev–Trinajstić information content (AvgIpc) is 3.08. The van der Waals surface area contributed by atoms with Crippen LogP contribution in [0.15, 0.2) is 23.4 Å². The smallest absolute Gasteiger partial charge is 0.230 e. The topological polar surface area (TPSA) is 72.7 Å². The number of thioether (sulfide) groups is 1. The third-order valence-electron chi connectivity index (χ3n) is 5.56. The van der Waals surface area contributed by atoms with Crippen molar-refractivity contribution in [3.05, 3.63) is 29.3 Å². The zero-order chi connectivity index (χ0) is 18.7. The van der Waals surface area contributed by atoms with E-state index in [1.165, 1.54) is 35.7 Å². The summed E-state index contributed by atoms with van der Waals surface area (Å²) in [6.45, 7) is 8.65. The molecule has 0 bridgehead atoms. The quantitative estimate of drug-likeness (QED) is 0.814. The first kappa shape index (κ1) is 18.9. The van der Waals surface area contributed by atoms with Gasteiger partial charge in [-0.2, -0.15) is 4.68 Å². The van der Waals surface area contributed by atoms with Gasteiger partial charge < -0.3 is 5.32 Å². The molecule has 3 rings (SSSR count). The van der Waals surface area contributed by atoms with Crippen LogP contribution in [0.1, 0.15) is 44.2 Å². The molecule has 26 heavy (non-hydrogen) atoms. The summed E-state index contributed by atoms with van der Waals surface area (Å²) in [6.07, 6.45) is 3.52. The van der Waals surface area contributed by atoms with E-state index in [0.717, 1.165) is 12.1 Å². The summed E-state index contributed by atoms with van der Waals surface area (Å²) in [4.78, 5) is 12.4. The number of carbonyl (C=O) groups is 1. The molecule has 140 valence electrons. The lowest BCUT2D eigenvalue weighted by atomic mass is 9.78. The number of nitrogens with zero attached hydrogens (tertiary/aromatic N) is 4. The molecule has 0 saturated heterocycles. The second kappa shape index (κ2) is 8.20. The van der Waals surface area contributed by atoms with Gasteiger partial charge in [0.15, 0.2) is 0 Å². The fraction of sp³-hybridized carbons (Fsp3) is 0.579. The van der Waals surface area contributed by atoms with Gasteiger partial charge in [0.2, 0.25) is 11.1 Å². The minimum atomic E-state index is 0.0515. The van der Waals surface area contributed by atoms with Crippen LogP contribution < -0.4 is 5.32 Å². The lowest BCUT2D eigenvalue weighted by molar-refractivity contribution is -0.120. The van der Waals surface area contributed by atoms with Gasteiger partial charge in [-0.05, 0) is 65.8 Å². The summed E-state index contributed by atoms with van der Waals surface area (Å²) >= 11 is 1.37. The van der Waals surface area contributed by atoms with Crippen molar-refractivity contribution in [3.63, 3.8) is 0 Å². The first-order chi connectivity index (χ1) is 12.5. The second-order valence-electron chi connectivity index (χ2n) is 7.37. The Bertz CT molecular complexity index is 775. The Morgan fingerprint density at radius 3 is 2.85 bits per heavy atom. The van der Waals surface area contributed by atoms with Gasteiger partial charge in [0.05, 0.1) is 11.4 Å². The van der Waals surface area contributed by atoms with E-state index in [1.807, 2.05) is 6.07 Å². The van der Waals surface area contributed by atoms with Crippen LogP contribution >= 0.6 is 11.8 Å². The largest absolute Gasteiger partial charge is 0.352 e. The number of hydrogen-bond acceptors (Lipinski definition) is 5.